The van der Waals surface area contributed by atoms with E-state index in [4.69, 9.17) is 9.47 Å². The van der Waals surface area contributed by atoms with E-state index in [1.165, 1.54) is 0 Å². The highest BCUT2D eigenvalue weighted by atomic mass is 32.2. The zero-order chi connectivity index (χ0) is 27.2. The van der Waals surface area contributed by atoms with E-state index in [9.17, 15) is 9.59 Å². The molecule has 4 aromatic rings. The van der Waals surface area contributed by atoms with Crippen LogP contribution in [0.15, 0.2) is 101 Å². The molecule has 7 heteroatoms. The van der Waals surface area contributed by atoms with Gasteiger partial charge in [-0.15, -0.1) is 0 Å². The molecule has 0 spiro atoms. The van der Waals surface area contributed by atoms with E-state index in [2.05, 4.69) is 16.7 Å². The van der Waals surface area contributed by atoms with Gasteiger partial charge in [0.25, 0.3) is 5.91 Å². The number of para-hydroxylation sites is 1. The standard InChI is InChI=1S/C32H28N2O4S/c1-3-37-29-18-22(11-16-28(29)38-20-32(36)33-24-13-8-21(2)9-14-24)10-15-27(35)23-12-17-31-26(19-23)34-25-6-4-5-7-30(25)39-31/h4-19,34H,3,20H2,1-2H3,(H,33,36)/b15-10+. The smallest absolute Gasteiger partial charge is 0.262 e. The average molecular weight is 537 g/mol. The molecule has 2 N–H and O–H groups in total. The summed E-state index contributed by atoms with van der Waals surface area (Å²) in [6.07, 6.45) is 3.29. The van der Waals surface area contributed by atoms with Crippen molar-refractivity contribution in [3.63, 3.8) is 0 Å². The maximum atomic E-state index is 13.0. The van der Waals surface area contributed by atoms with Crippen LogP contribution in [0.25, 0.3) is 6.08 Å². The number of allylic oxidation sites excluding steroid dienone is 1. The molecule has 39 heavy (non-hydrogen) atoms. The van der Waals surface area contributed by atoms with Gasteiger partial charge >= 0.3 is 0 Å². The van der Waals surface area contributed by atoms with Gasteiger partial charge in [0.1, 0.15) is 0 Å². The molecule has 1 aliphatic rings. The zero-order valence-corrected chi connectivity index (χ0v) is 22.5. The predicted molar refractivity (Wildman–Crippen MR) is 157 cm³/mol. The number of ether oxygens (including phenoxy) is 2. The van der Waals surface area contributed by atoms with Gasteiger partial charge in [-0.1, -0.05) is 53.7 Å². The molecule has 1 heterocycles. The first-order valence-electron chi connectivity index (χ1n) is 12.6. The van der Waals surface area contributed by atoms with E-state index in [1.54, 1.807) is 36.0 Å². The lowest BCUT2D eigenvalue weighted by atomic mass is 10.1. The third kappa shape index (κ3) is 6.51. The van der Waals surface area contributed by atoms with E-state index < -0.39 is 0 Å². The summed E-state index contributed by atoms with van der Waals surface area (Å²) in [4.78, 5) is 27.5. The van der Waals surface area contributed by atoms with Crippen molar-refractivity contribution in [1.29, 1.82) is 0 Å². The van der Waals surface area contributed by atoms with E-state index in [0.29, 0.717) is 29.4 Å². The van der Waals surface area contributed by atoms with Crippen LogP contribution in [0.4, 0.5) is 17.1 Å². The van der Waals surface area contributed by atoms with Crippen molar-refractivity contribution in [2.75, 3.05) is 23.8 Å². The number of fused-ring (bicyclic) bond motifs is 2. The quantitative estimate of drug-likeness (QED) is 0.150. The van der Waals surface area contributed by atoms with E-state index in [0.717, 1.165) is 32.3 Å². The zero-order valence-electron chi connectivity index (χ0n) is 21.7. The van der Waals surface area contributed by atoms with Crippen molar-refractivity contribution in [1.82, 2.24) is 0 Å². The lowest BCUT2D eigenvalue weighted by molar-refractivity contribution is -0.118. The summed E-state index contributed by atoms with van der Waals surface area (Å²) >= 11 is 1.68. The van der Waals surface area contributed by atoms with Crippen LogP contribution in [0, 0.1) is 6.92 Å². The Morgan fingerprint density at radius 1 is 0.872 bits per heavy atom. The summed E-state index contributed by atoms with van der Waals surface area (Å²) in [5.74, 6) is 0.591. The SMILES string of the molecule is CCOc1cc(/C=C/C(=O)c2ccc3c(c2)Nc2ccccc2S3)ccc1OCC(=O)Nc1ccc(C)cc1. The van der Waals surface area contributed by atoms with Crippen molar-refractivity contribution in [3.05, 3.63) is 108 Å². The van der Waals surface area contributed by atoms with Crippen LogP contribution in [-0.2, 0) is 4.79 Å². The fraction of sp³-hybridized carbons (Fsp3) is 0.125. The van der Waals surface area contributed by atoms with Crippen LogP contribution in [0.3, 0.4) is 0 Å². The predicted octanol–water partition coefficient (Wildman–Crippen LogP) is 7.52. The van der Waals surface area contributed by atoms with Crippen LogP contribution in [0.1, 0.15) is 28.4 Å². The molecular formula is C32H28N2O4S. The number of benzene rings is 4. The van der Waals surface area contributed by atoms with Gasteiger partial charge in [0, 0.05) is 21.0 Å². The monoisotopic (exact) mass is 536 g/mol. The molecule has 4 aromatic carbocycles. The Labute approximate surface area is 232 Å². The maximum Gasteiger partial charge on any atom is 0.262 e. The highest BCUT2D eigenvalue weighted by Gasteiger charge is 2.16. The van der Waals surface area contributed by atoms with Crippen molar-refractivity contribution in [2.45, 2.75) is 23.6 Å². The van der Waals surface area contributed by atoms with E-state index in [1.807, 2.05) is 80.6 Å². The second-order valence-corrected chi connectivity index (χ2v) is 10.1. The highest BCUT2D eigenvalue weighted by molar-refractivity contribution is 7.99. The fourth-order valence-electron chi connectivity index (χ4n) is 4.05. The van der Waals surface area contributed by atoms with Crippen molar-refractivity contribution >= 4 is 46.6 Å². The van der Waals surface area contributed by atoms with Gasteiger partial charge in [0.2, 0.25) is 0 Å². The van der Waals surface area contributed by atoms with Crippen LogP contribution >= 0.6 is 11.8 Å². The molecule has 196 valence electrons. The minimum Gasteiger partial charge on any atom is -0.490 e. The summed E-state index contributed by atoms with van der Waals surface area (Å²) in [7, 11) is 0. The largest absolute Gasteiger partial charge is 0.490 e. The number of hydrogen-bond donors (Lipinski definition) is 2. The minimum absolute atomic E-state index is 0.102. The number of rotatable bonds is 9. The molecule has 0 radical (unpaired) electrons. The van der Waals surface area contributed by atoms with Gasteiger partial charge in [-0.25, -0.2) is 0 Å². The second-order valence-electron chi connectivity index (χ2n) is 8.97. The number of hydrogen-bond acceptors (Lipinski definition) is 6. The highest BCUT2D eigenvalue weighted by Crippen LogP contribution is 2.44. The molecule has 6 nitrogen and oxygen atoms in total. The van der Waals surface area contributed by atoms with Crippen LogP contribution in [-0.4, -0.2) is 24.9 Å². The average Bonchev–Trinajstić information content (AvgIpc) is 2.95. The molecule has 0 saturated carbocycles. The molecule has 0 bridgehead atoms. The molecule has 0 saturated heterocycles. The Balaban J connectivity index is 1.23. The first-order chi connectivity index (χ1) is 19.0. The van der Waals surface area contributed by atoms with E-state index >= 15 is 0 Å². The maximum absolute atomic E-state index is 13.0. The van der Waals surface area contributed by atoms with Gasteiger partial charge in [0.05, 0.1) is 18.0 Å². The van der Waals surface area contributed by atoms with Gasteiger partial charge in [-0.05, 0) is 80.1 Å². The van der Waals surface area contributed by atoms with Crippen LogP contribution < -0.4 is 20.1 Å². The summed E-state index contributed by atoms with van der Waals surface area (Å²) in [5.41, 5.74) is 5.16. The summed E-state index contributed by atoms with van der Waals surface area (Å²) < 4.78 is 11.5. The number of carbonyl (C=O) groups excluding carboxylic acids is 2. The lowest BCUT2D eigenvalue weighted by Crippen LogP contribution is -2.20. The Morgan fingerprint density at radius 2 is 1.67 bits per heavy atom. The third-order valence-electron chi connectivity index (χ3n) is 6.03. The molecule has 1 amide bonds. The van der Waals surface area contributed by atoms with Crippen molar-refractivity contribution in [2.24, 2.45) is 0 Å². The number of nitrogens with one attached hydrogen (secondary N) is 2. The molecular weight excluding hydrogens is 508 g/mol. The van der Waals surface area contributed by atoms with Crippen molar-refractivity contribution in [3.8, 4) is 11.5 Å². The Kier molecular flexibility index (Phi) is 7.99. The summed E-state index contributed by atoms with van der Waals surface area (Å²) in [5, 5.41) is 6.23. The lowest BCUT2D eigenvalue weighted by Gasteiger charge is -2.20. The molecule has 0 aliphatic carbocycles. The molecule has 0 fully saturated rings. The molecule has 0 aromatic heterocycles. The third-order valence-corrected chi connectivity index (χ3v) is 7.18. The van der Waals surface area contributed by atoms with Crippen LogP contribution in [0.2, 0.25) is 0 Å². The van der Waals surface area contributed by atoms with Crippen molar-refractivity contribution < 1.29 is 19.1 Å². The van der Waals surface area contributed by atoms with E-state index in [-0.39, 0.29) is 18.3 Å². The topological polar surface area (TPSA) is 76.7 Å². The number of ketones is 1. The van der Waals surface area contributed by atoms with Gasteiger partial charge in [-0.2, -0.15) is 0 Å². The molecule has 0 unspecified atom stereocenters. The molecule has 0 atom stereocenters. The Bertz CT molecular complexity index is 1550. The number of anilines is 3. The minimum atomic E-state index is -0.266. The molecule has 1 aliphatic heterocycles. The number of carbonyl (C=O) groups is 2. The first kappa shape index (κ1) is 26.1. The number of aryl methyl sites for hydroxylation is 1. The Morgan fingerprint density at radius 3 is 2.49 bits per heavy atom. The summed E-state index contributed by atoms with van der Waals surface area (Å²) in [6, 6.07) is 26.7. The second kappa shape index (κ2) is 11.9. The van der Waals surface area contributed by atoms with Gasteiger partial charge in [-0.3, -0.25) is 9.59 Å². The first-order valence-corrected chi connectivity index (χ1v) is 13.5. The number of amides is 1. The van der Waals surface area contributed by atoms with Crippen LogP contribution in [0.5, 0.6) is 11.5 Å². The normalized spacial score (nSPS) is 11.7. The summed E-state index contributed by atoms with van der Waals surface area (Å²) in [6.45, 7) is 4.14. The fourth-order valence-corrected chi connectivity index (χ4v) is 5.02. The Hall–Kier alpha value is -4.49. The van der Waals surface area contributed by atoms with Gasteiger partial charge < -0.3 is 20.1 Å². The van der Waals surface area contributed by atoms with Gasteiger partial charge in [0.15, 0.2) is 23.9 Å². The molecule has 5 rings (SSSR count).